The van der Waals surface area contributed by atoms with E-state index in [9.17, 15) is 4.79 Å². The minimum absolute atomic E-state index is 0.0660. The Labute approximate surface area is 132 Å². The number of likely N-dealkylation sites (tertiary alicyclic amines) is 1. The molecule has 1 saturated heterocycles. The van der Waals surface area contributed by atoms with Crippen molar-refractivity contribution >= 4 is 11.6 Å². The van der Waals surface area contributed by atoms with Gasteiger partial charge < -0.3 is 10.2 Å². The quantitative estimate of drug-likeness (QED) is 0.893. The van der Waals surface area contributed by atoms with Gasteiger partial charge in [0, 0.05) is 11.6 Å². The molecule has 1 amide bonds. The van der Waals surface area contributed by atoms with Crippen LogP contribution in [0.15, 0.2) is 24.3 Å². The molecule has 1 aromatic carbocycles. The molecule has 2 fully saturated rings. The number of piperidine rings is 1. The normalized spacial score (nSPS) is 27.5. The Morgan fingerprint density at radius 3 is 2.95 bits per heavy atom. The standard InChI is InChI=1S/C18H23N3O/c19-12-14-5-3-8-16(11-14)20-18(22)13-21-10-4-7-15-6-1-2-9-17(15)21/h3,5,8,11,15,17H,1-2,4,6-7,9-10,13H2,(H,20,22)/p+1/t15-,17-/m0/s1. The highest BCUT2D eigenvalue weighted by molar-refractivity contribution is 5.91. The summed E-state index contributed by atoms with van der Waals surface area (Å²) in [6, 6.07) is 9.90. The second-order valence-corrected chi connectivity index (χ2v) is 6.62. The number of nitrogens with zero attached hydrogens (tertiary/aromatic N) is 1. The van der Waals surface area contributed by atoms with Crippen LogP contribution in [0.3, 0.4) is 0 Å². The van der Waals surface area contributed by atoms with Crippen LogP contribution in [0.4, 0.5) is 5.69 Å². The van der Waals surface area contributed by atoms with Crippen molar-refractivity contribution in [3.63, 3.8) is 0 Å². The van der Waals surface area contributed by atoms with Gasteiger partial charge in [0.05, 0.1) is 24.2 Å². The molecule has 1 aromatic rings. The van der Waals surface area contributed by atoms with Gasteiger partial charge in [0.1, 0.15) is 0 Å². The van der Waals surface area contributed by atoms with Gasteiger partial charge in [0.15, 0.2) is 6.54 Å². The van der Waals surface area contributed by atoms with E-state index < -0.39 is 0 Å². The number of fused-ring (bicyclic) bond motifs is 1. The van der Waals surface area contributed by atoms with Crippen LogP contribution >= 0.6 is 0 Å². The Morgan fingerprint density at radius 1 is 1.27 bits per heavy atom. The van der Waals surface area contributed by atoms with Gasteiger partial charge in [0.2, 0.25) is 0 Å². The van der Waals surface area contributed by atoms with Crippen LogP contribution in [0.1, 0.15) is 44.1 Å². The lowest BCUT2D eigenvalue weighted by Crippen LogP contribution is -3.18. The number of carbonyl (C=O) groups is 1. The third kappa shape index (κ3) is 3.48. The number of quaternary nitrogens is 1. The first kappa shape index (κ1) is 15.1. The second-order valence-electron chi connectivity index (χ2n) is 6.62. The monoisotopic (exact) mass is 298 g/mol. The Kier molecular flexibility index (Phi) is 4.74. The van der Waals surface area contributed by atoms with Crippen molar-refractivity contribution in [2.75, 3.05) is 18.4 Å². The molecule has 1 aliphatic heterocycles. The first-order chi connectivity index (χ1) is 10.8. The van der Waals surface area contributed by atoms with Crippen LogP contribution in [-0.4, -0.2) is 25.0 Å². The van der Waals surface area contributed by atoms with E-state index in [1.165, 1.54) is 43.4 Å². The van der Waals surface area contributed by atoms with E-state index in [0.29, 0.717) is 18.2 Å². The number of amides is 1. The van der Waals surface area contributed by atoms with E-state index in [1.54, 1.807) is 18.2 Å². The van der Waals surface area contributed by atoms with Crippen LogP contribution in [0, 0.1) is 17.2 Å². The van der Waals surface area contributed by atoms with Crippen molar-refractivity contribution in [1.29, 1.82) is 5.26 Å². The number of benzene rings is 1. The molecule has 22 heavy (non-hydrogen) atoms. The third-order valence-electron chi connectivity index (χ3n) is 5.17. The van der Waals surface area contributed by atoms with Crippen molar-refractivity contribution in [3.8, 4) is 6.07 Å². The van der Waals surface area contributed by atoms with E-state index in [2.05, 4.69) is 11.4 Å². The largest absolute Gasteiger partial charge is 0.324 e. The predicted molar refractivity (Wildman–Crippen MR) is 85.5 cm³/mol. The topological polar surface area (TPSA) is 57.3 Å². The van der Waals surface area contributed by atoms with Gasteiger partial charge in [-0.2, -0.15) is 5.26 Å². The highest BCUT2D eigenvalue weighted by atomic mass is 16.2. The van der Waals surface area contributed by atoms with Crippen LogP contribution in [0.2, 0.25) is 0 Å². The van der Waals surface area contributed by atoms with Gasteiger partial charge in [-0.05, 0) is 50.3 Å². The summed E-state index contributed by atoms with van der Waals surface area (Å²) in [5.41, 5.74) is 1.30. The average molecular weight is 298 g/mol. The molecule has 0 radical (unpaired) electrons. The van der Waals surface area contributed by atoms with Gasteiger partial charge in [-0.25, -0.2) is 0 Å². The SMILES string of the molecule is N#Cc1cccc(NC(=O)C[NH+]2CCC[C@@H]3CCCC[C@@H]32)c1. The van der Waals surface area contributed by atoms with E-state index in [1.807, 2.05) is 6.07 Å². The minimum Gasteiger partial charge on any atom is -0.324 e. The zero-order chi connectivity index (χ0) is 15.4. The Morgan fingerprint density at radius 2 is 2.09 bits per heavy atom. The summed E-state index contributed by atoms with van der Waals surface area (Å²) in [6.45, 7) is 1.67. The van der Waals surface area contributed by atoms with Gasteiger partial charge in [-0.15, -0.1) is 0 Å². The van der Waals surface area contributed by atoms with E-state index in [0.717, 1.165) is 18.2 Å². The number of nitriles is 1. The van der Waals surface area contributed by atoms with Gasteiger partial charge in [-0.3, -0.25) is 4.79 Å². The van der Waals surface area contributed by atoms with Crippen molar-refractivity contribution in [3.05, 3.63) is 29.8 Å². The minimum atomic E-state index is 0.0660. The molecule has 1 unspecified atom stereocenters. The molecule has 0 bridgehead atoms. The average Bonchev–Trinajstić information content (AvgIpc) is 2.55. The molecule has 116 valence electrons. The molecule has 4 nitrogen and oxygen atoms in total. The number of nitrogens with one attached hydrogen (secondary N) is 2. The molecular weight excluding hydrogens is 274 g/mol. The molecule has 1 saturated carbocycles. The lowest BCUT2D eigenvalue weighted by molar-refractivity contribution is -0.928. The van der Waals surface area contributed by atoms with Gasteiger partial charge in [0.25, 0.3) is 5.91 Å². The lowest BCUT2D eigenvalue weighted by atomic mass is 9.78. The molecule has 1 aliphatic carbocycles. The summed E-state index contributed by atoms with van der Waals surface area (Å²) in [6.07, 6.45) is 7.89. The van der Waals surface area contributed by atoms with E-state index in [4.69, 9.17) is 5.26 Å². The Hall–Kier alpha value is -1.86. The number of carbonyl (C=O) groups excluding carboxylic acids is 1. The van der Waals surface area contributed by atoms with Crippen molar-refractivity contribution in [1.82, 2.24) is 0 Å². The summed E-state index contributed by atoms with van der Waals surface area (Å²) in [5.74, 6) is 0.892. The van der Waals surface area contributed by atoms with Crippen molar-refractivity contribution in [2.45, 2.75) is 44.6 Å². The smallest absolute Gasteiger partial charge is 0.279 e. The molecule has 0 aromatic heterocycles. The predicted octanol–water partition coefficient (Wildman–Crippen LogP) is 1.73. The third-order valence-corrected chi connectivity index (χ3v) is 5.17. The van der Waals surface area contributed by atoms with Crippen molar-refractivity contribution < 1.29 is 9.69 Å². The first-order valence-corrected chi connectivity index (χ1v) is 8.41. The number of anilines is 1. The molecule has 2 N–H and O–H groups in total. The number of rotatable bonds is 3. The van der Waals surface area contributed by atoms with Crippen LogP contribution < -0.4 is 10.2 Å². The second kappa shape index (κ2) is 6.93. The molecule has 3 rings (SSSR count). The Bertz CT molecular complexity index is 576. The number of hydrogen-bond donors (Lipinski definition) is 2. The fourth-order valence-electron chi connectivity index (χ4n) is 4.16. The van der Waals surface area contributed by atoms with Crippen molar-refractivity contribution in [2.24, 2.45) is 5.92 Å². The van der Waals surface area contributed by atoms with E-state index in [-0.39, 0.29) is 5.91 Å². The molecule has 2 aliphatic rings. The lowest BCUT2D eigenvalue weighted by Gasteiger charge is -2.40. The molecular formula is C18H24N3O+. The zero-order valence-electron chi connectivity index (χ0n) is 13.0. The highest BCUT2D eigenvalue weighted by Crippen LogP contribution is 2.28. The van der Waals surface area contributed by atoms with Crippen LogP contribution in [-0.2, 0) is 4.79 Å². The van der Waals surface area contributed by atoms with Crippen LogP contribution in [0.5, 0.6) is 0 Å². The summed E-state index contributed by atoms with van der Waals surface area (Å²) >= 11 is 0. The molecule has 0 spiro atoms. The molecule has 4 heteroatoms. The summed E-state index contributed by atoms with van der Waals surface area (Å²) in [4.78, 5) is 13.8. The highest BCUT2D eigenvalue weighted by Gasteiger charge is 2.37. The molecule has 3 atom stereocenters. The van der Waals surface area contributed by atoms with Gasteiger partial charge >= 0.3 is 0 Å². The maximum absolute atomic E-state index is 12.3. The van der Waals surface area contributed by atoms with Gasteiger partial charge in [-0.1, -0.05) is 12.5 Å². The Balaban J connectivity index is 1.60. The van der Waals surface area contributed by atoms with Crippen LogP contribution in [0.25, 0.3) is 0 Å². The molecule has 1 heterocycles. The number of hydrogen-bond acceptors (Lipinski definition) is 2. The zero-order valence-corrected chi connectivity index (χ0v) is 13.0. The first-order valence-electron chi connectivity index (χ1n) is 8.41. The fraction of sp³-hybridized carbons (Fsp3) is 0.556. The maximum atomic E-state index is 12.3. The summed E-state index contributed by atoms with van der Waals surface area (Å²) < 4.78 is 0. The fourth-order valence-corrected chi connectivity index (χ4v) is 4.16. The summed E-state index contributed by atoms with van der Waals surface area (Å²) in [5, 5.41) is 11.9. The maximum Gasteiger partial charge on any atom is 0.279 e. The van der Waals surface area contributed by atoms with E-state index >= 15 is 0 Å². The summed E-state index contributed by atoms with van der Waals surface area (Å²) in [7, 11) is 0.